The predicted octanol–water partition coefficient (Wildman–Crippen LogP) is 4.94. The van der Waals surface area contributed by atoms with Crippen molar-refractivity contribution >= 4 is 21.6 Å². The van der Waals surface area contributed by atoms with Gasteiger partial charge in [-0.25, -0.2) is 0 Å². The molecule has 1 aliphatic heterocycles. The van der Waals surface area contributed by atoms with Crippen LogP contribution in [-0.4, -0.2) is 23.0 Å². The summed E-state index contributed by atoms with van der Waals surface area (Å²) in [4.78, 5) is 6.58. The van der Waals surface area contributed by atoms with Crippen LogP contribution in [0.1, 0.15) is 11.1 Å². The van der Waals surface area contributed by atoms with E-state index in [1.54, 1.807) is 0 Å². The summed E-state index contributed by atoms with van der Waals surface area (Å²) in [5.74, 6) is 0. The predicted molar refractivity (Wildman–Crippen MR) is 106 cm³/mol. The number of pyridine rings is 1. The van der Waals surface area contributed by atoms with E-state index >= 15 is 0 Å². The van der Waals surface area contributed by atoms with E-state index in [0.717, 1.165) is 30.7 Å². The maximum atomic E-state index is 4.08. The average Bonchev–Trinajstić information content (AvgIpc) is 2.84. The molecule has 0 saturated heterocycles. The number of fused-ring (bicyclic) bond motifs is 1. The highest BCUT2D eigenvalue weighted by Gasteiger charge is 2.14. The van der Waals surface area contributed by atoms with Gasteiger partial charge in [0.25, 0.3) is 0 Å². The van der Waals surface area contributed by atoms with E-state index in [4.69, 9.17) is 0 Å². The van der Waals surface area contributed by atoms with E-state index in [1.807, 2.05) is 24.5 Å². The maximum absolute atomic E-state index is 4.08. The van der Waals surface area contributed by atoms with Gasteiger partial charge in [0.1, 0.15) is 0 Å². The second-order valence-corrected chi connectivity index (χ2v) is 7.29. The topological polar surface area (TPSA) is 28.2 Å². The molecule has 2 aromatic carbocycles. The smallest absolute Gasteiger partial charge is 0.0397 e. The first-order chi connectivity index (χ1) is 12.3. The number of nitrogens with one attached hydrogen (secondary N) is 1. The molecule has 0 aliphatic carbocycles. The largest absolute Gasteiger partial charge is 0.383 e. The highest BCUT2D eigenvalue weighted by Crippen LogP contribution is 2.26. The molecule has 4 rings (SSSR count). The molecule has 25 heavy (non-hydrogen) atoms. The third kappa shape index (κ3) is 3.91. The van der Waals surface area contributed by atoms with Crippen LogP contribution in [0, 0.1) is 0 Å². The Hall–Kier alpha value is -2.17. The molecule has 0 fully saturated rings. The number of halogens is 1. The van der Waals surface area contributed by atoms with Crippen LogP contribution in [0.5, 0.6) is 0 Å². The van der Waals surface area contributed by atoms with E-state index < -0.39 is 0 Å². The molecule has 0 saturated carbocycles. The van der Waals surface area contributed by atoms with Crippen LogP contribution >= 0.6 is 15.9 Å². The standard InChI is InChI=1S/C21H20BrN3/c22-20-6-5-19-15-25(12-11-24-21(19)13-20)14-16-1-3-17(4-2-16)18-7-9-23-10-8-18/h1-10,13,24H,11-12,14-15H2. The van der Waals surface area contributed by atoms with Crippen LogP contribution in [0.2, 0.25) is 0 Å². The van der Waals surface area contributed by atoms with Crippen LogP contribution < -0.4 is 5.32 Å². The van der Waals surface area contributed by atoms with Crippen LogP contribution in [0.15, 0.2) is 71.5 Å². The number of hydrogen-bond donors (Lipinski definition) is 1. The summed E-state index contributed by atoms with van der Waals surface area (Å²) in [6.07, 6.45) is 3.67. The molecule has 0 bridgehead atoms. The zero-order valence-electron chi connectivity index (χ0n) is 14.0. The lowest BCUT2D eigenvalue weighted by Crippen LogP contribution is -2.25. The minimum absolute atomic E-state index is 0.966. The Kier molecular flexibility index (Phi) is 4.81. The summed E-state index contributed by atoms with van der Waals surface area (Å²) < 4.78 is 1.12. The average molecular weight is 394 g/mol. The molecule has 0 unspecified atom stereocenters. The van der Waals surface area contributed by atoms with Gasteiger partial charge >= 0.3 is 0 Å². The van der Waals surface area contributed by atoms with E-state index in [1.165, 1.54) is 27.9 Å². The molecule has 4 heteroatoms. The molecule has 3 nitrogen and oxygen atoms in total. The second kappa shape index (κ2) is 7.38. The van der Waals surface area contributed by atoms with Crippen LogP contribution in [0.25, 0.3) is 11.1 Å². The highest BCUT2D eigenvalue weighted by atomic mass is 79.9. The number of benzene rings is 2. The van der Waals surface area contributed by atoms with Crippen molar-refractivity contribution in [3.8, 4) is 11.1 Å². The minimum Gasteiger partial charge on any atom is -0.383 e. The van der Waals surface area contributed by atoms with E-state index in [-0.39, 0.29) is 0 Å². The molecule has 1 aromatic heterocycles. The van der Waals surface area contributed by atoms with Crippen molar-refractivity contribution in [1.29, 1.82) is 0 Å². The van der Waals surface area contributed by atoms with Gasteiger partial charge in [-0.1, -0.05) is 46.3 Å². The number of anilines is 1. The van der Waals surface area contributed by atoms with Gasteiger partial charge in [-0.3, -0.25) is 9.88 Å². The van der Waals surface area contributed by atoms with E-state index in [2.05, 4.69) is 73.6 Å². The number of rotatable bonds is 3. The number of aromatic nitrogens is 1. The molecule has 1 aliphatic rings. The number of hydrogen-bond acceptors (Lipinski definition) is 3. The second-order valence-electron chi connectivity index (χ2n) is 6.37. The van der Waals surface area contributed by atoms with Crippen molar-refractivity contribution in [2.24, 2.45) is 0 Å². The first-order valence-corrected chi connectivity index (χ1v) is 9.31. The summed E-state index contributed by atoms with van der Waals surface area (Å²) >= 11 is 3.55. The lowest BCUT2D eigenvalue weighted by molar-refractivity contribution is 0.272. The highest BCUT2D eigenvalue weighted by molar-refractivity contribution is 9.10. The van der Waals surface area contributed by atoms with Crippen LogP contribution in [0.3, 0.4) is 0 Å². The zero-order chi connectivity index (χ0) is 17.1. The summed E-state index contributed by atoms with van der Waals surface area (Å²) in [6.45, 7) is 3.95. The summed E-state index contributed by atoms with van der Waals surface area (Å²) in [7, 11) is 0. The quantitative estimate of drug-likeness (QED) is 0.682. The van der Waals surface area contributed by atoms with Gasteiger partial charge in [0.05, 0.1) is 0 Å². The number of nitrogens with zero attached hydrogens (tertiary/aromatic N) is 2. The molecular formula is C21H20BrN3. The van der Waals surface area contributed by atoms with Gasteiger partial charge in [-0.15, -0.1) is 0 Å². The molecule has 0 amide bonds. The van der Waals surface area contributed by atoms with Gasteiger partial charge in [-0.05, 0) is 46.5 Å². The Morgan fingerprint density at radius 3 is 2.52 bits per heavy atom. The Labute approximate surface area is 156 Å². The van der Waals surface area contributed by atoms with Crippen molar-refractivity contribution in [2.75, 3.05) is 18.4 Å². The Morgan fingerprint density at radius 2 is 1.72 bits per heavy atom. The first-order valence-electron chi connectivity index (χ1n) is 8.52. The molecule has 1 N–H and O–H groups in total. The van der Waals surface area contributed by atoms with Crippen LogP contribution in [0.4, 0.5) is 5.69 Å². The van der Waals surface area contributed by atoms with Crippen LogP contribution in [-0.2, 0) is 13.1 Å². The lowest BCUT2D eigenvalue weighted by atomic mass is 10.0. The fraction of sp³-hybridized carbons (Fsp3) is 0.190. The van der Waals surface area contributed by atoms with Gasteiger partial charge in [-0.2, -0.15) is 0 Å². The Balaban J connectivity index is 1.48. The summed E-state index contributed by atoms with van der Waals surface area (Å²) in [5, 5.41) is 3.53. The van der Waals surface area contributed by atoms with Gasteiger partial charge in [0.2, 0.25) is 0 Å². The molecule has 126 valence electrons. The molecule has 0 radical (unpaired) electrons. The van der Waals surface area contributed by atoms with Gasteiger partial charge in [0, 0.05) is 48.7 Å². The van der Waals surface area contributed by atoms with Crippen molar-refractivity contribution in [3.63, 3.8) is 0 Å². The van der Waals surface area contributed by atoms with E-state index in [9.17, 15) is 0 Å². The van der Waals surface area contributed by atoms with Gasteiger partial charge < -0.3 is 5.32 Å². The molecule has 0 spiro atoms. The Bertz CT molecular complexity index is 847. The monoisotopic (exact) mass is 393 g/mol. The van der Waals surface area contributed by atoms with Crippen molar-refractivity contribution in [3.05, 3.63) is 82.6 Å². The Morgan fingerprint density at radius 1 is 0.960 bits per heavy atom. The summed E-state index contributed by atoms with van der Waals surface area (Å²) in [5.41, 5.74) is 6.39. The summed E-state index contributed by atoms with van der Waals surface area (Å²) in [6, 6.07) is 19.5. The molecule has 3 aromatic rings. The maximum Gasteiger partial charge on any atom is 0.0397 e. The fourth-order valence-corrected chi connectivity index (χ4v) is 3.62. The van der Waals surface area contributed by atoms with Crippen molar-refractivity contribution in [2.45, 2.75) is 13.1 Å². The minimum atomic E-state index is 0.966. The molecule has 0 atom stereocenters. The third-order valence-corrected chi connectivity index (χ3v) is 5.08. The normalized spacial score (nSPS) is 14.4. The zero-order valence-corrected chi connectivity index (χ0v) is 15.5. The van der Waals surface area contributed by atoms with Crippen molar-refractivity contribution < 1.29 is 0 Å². The first kappa shape index (κ1) is 16.3. The van der Waals surface area contributed by atoms with E-state index in [0.29, 0.717) is 0 Å². The van der Waals surface area contributed by atoms with Crippen molar-refractivity contribution in [1.82, 2.24) is 9.88 Å². The SMILES string of the molecule is Brc1ccc2c(c1)NCCN(Cc1ccc(-c3ccncc3)cc1)C2. The fourth-order valence-electron chi connectivity index (χ4n) is 3.26. The molecule has 2 heterocycles. The van der Waals surface area contributed by atoms with Gasteiger partial charge in [0.15, 0.2) is 0 Å². The lowest BCUT2D eigenvalue weighted by Gasteiger charge is -2.20. The third-order valence-electron chi connectivity index (χ3n) is 4.58. The molecular weight excluding hydrogens is 374 g/mol.